The number of amides is 2. The SMILES string of the molecule is O=C(CSc1nnc(CNC(=O)c2cccc(F)c2)n1-c1ccc(Cl)c(Cl)c1)Nc1nc2ccccc2s1. The molecule has 0 saturated carbocycles. The van der Waals surface area contributed by atoms with Crippen molar-refractivity contribution in [3.05, 3.63) is 94.0 Å². The maximum absolute atomic E-state index is 13.5. The smallest absolute Gasteiger partial charge is 0.251 e. The van der Waals surface area contributed by atoms with Gasteiger partial charge in [0.05, 0.1) is 38.2 Å². The topological polar surface area (TPSA) is 102 Å². The van der Waals surface area contributed by atoms with Crippen molar-refractivity contribution >= 4 is 73.5 Å². The second-order valence-electron chi connectivity index (χ2n) is 7.85. The second kappa shape index (κ2) is 11.5. The fourth-order valence-electron chi connectivity index (χ4n) is 3.49. The number of anilines is 1. The van der Waals surface area contributed by atoms with Crippen molar-refractivity contribution in [2.75, 3.05) is 11.1 Å². The molecule has 8 nitrogen and oxygen atoms in total. The Morgan fingerprint density at radius 3 is 2.63 bits per heavy atom. The van der Waals surface area contributed by atoms with Crippen LogP contribution < -0.4 is 10.6 Å². The average molecular weight is 587 g/mol. The Kier molecular flexibility index (Phi) is 7.89. The summed E-state index contributed by atoms with van der Waals surface area (Å²) in [6.45, 7) is -0.0128. The lowest BCUT2D eigenvalue weighted by molar-refractivity contribution is -0.113. The molecule has 2 amide bonds. The van der Waals surface area contributed by atoms with E-state index in [4.69, 9.17) is 23.2 Å². The molecule has 0 bridgehead atoms. The molecule has 0 aliphatic carbocycles. The fourth-order valence-corrected chi connectivity index (χ4v) is 5.44. The van der Waals surface area contributed by atoms with Crippen molar-refractivity contribution in [1.82, 2.24) is 25.1 Å². The van der Waals surface area contributed by atoms with Gasteiger partial charge in [-0.3, -0.25) is 14.2 Å². The first-order valence-electron chi connectivity index (χ1n) is 11.1. The van der Waals surface area contributed by atoms with Crippen molar-refractivity contribution in [3.63, 3.8) is 0 Å². The van der Waals surface area contributed by atoms with Crippen LogP contribution in [0.5, 0.6) is 0 Å². The number of halogens is 3. The number of aromatic nitrogens is 4. The van der Waals surface area contributed by atoms with E-state index in [0.29, 0.717) is 31.8 Å². The van der Waals surface area contributed by atoms with Gasteiger partial charge in [-0.1, -0.05) is 64.5 Å². The summed E-state index contributed by atoms with van der Waals surface area (Å²) in [6.07, 6.45) is 0. The number of carbonyl (C=O) groups is 2. The Morgan fingerprint density at radius 2 is 1.84 bits per heavy atom. The summed E-state index contributed by atoms with van der Waals surface area (Å²) in [4.78, 5) is 29.6. The van der Waals surface area contributed by atoms with Crippen LogP contribution >= 0.6 is 46.3 Å². The number of rotatable bonds is 8. The van der Waals surface area contributed by atoms with E-state index in [-0.39, 0.29) is 23.8 Å². The van der Waals surface area contributed by atoms with Gasteiger partial charge in [-0.05, 0) is 48.5 Å². The number of fused-ring (bicyclic) bond motifs is 1. The van der Waals surface area contributed by atoms with Crippen molar-refractivity contribution < 1.29 is 14.0 Å². The van der Waals surface area contributed by atoms with Crippen LogP contribution in [0, 0.1) is 5.82 Å². The van der Waals surface area contributed by atoms with Gasteiger partial charge in [-0.15, -0.1) is 10.2 Å². The van der Waals surface area contributed by atoms with Crippen molar-refractivity contribution in [1.29, 1.82) is 0 Å². The standard InChI is InChI=1S/C25H17Cl2FN6O2S2/c26-17-9-8-16(11-18(17)27)34-21(12-29-23(36)14-4-3-5-15(28)10-14)32-33-25(34)37-13-22(35)31-24-30-19-6-1-2-7-20(19)38-24/h1-11H,12-13H2,(H,29,36)(H,30,31,35). The number of carbonyl (C=O) groups excluding carboxylic acids is 2. The molecule has 2 heterocycles. The molecule has 0 aliphatic heterocycles. The largest absolute Gasteiger partial charge is 0.345 e. The zero-order valence-corrected chi connectivity index (χ0v) is 22.5. The molecule has 5 rings (SSSR count). The quantitative estimate of drug-likeness (QED) is 0.217. The molecule has 0 spiro atoms. The highest BCUT2D eigenvalue weighted by Gasteiger charge is 2.18. The van der Waals surface area contributed by atoms with Gasteiger partial charge >= 0.3 is 0 Å². The van der Waals surface area contributed by atoms with Gasteiger partial charge in [0.25, 0.3) is 5.91 Å². The van der Waals surface area contributed by atoms with Crippen LogP contribution in [-0.4, -0.2) is 37.3 Å². The molecule has 192 valence electrons. The zero-order chi connectivity index (χ0) is 26.6. The highest BCUT2D eigenvalue weighted by molar-refractivity contribution is 7.99. The van der Waals surface area contributed by atoms with Gasteiger partial charge in [-0.2, -0.15) is 0 Å². The van der Waals surface area contributed by atoms with Crippen molar-refractivity contribution in [2.45, 2.75) is 11.7 Å². The number of nitrogens with one attached hydrogen (secondary N) is 2. The Morgan fingerprint density at radius 1 is 1.00 bits per heavy atom. The van der Waals surface area contributed by atoms with E-state index in [0.717, 1.165) is 28.0 Å². The van der Waals surface area contributed by atoms with Gasteiger partial charge < -0.3 is 10.6 Å². The Labute approximate surface area is 234 Å². The molecule has 38 heavy (non-hydrogen) atoms. The predicted octanol–water partition coefficient (Wildman–Crippen LogP) is 5.98. The first kappa shape index (κ1) is 26.1. The maximum atomic E-state index is 13.5. The Bertz CT molecular complexity index is 1630. The monoisotopic (exact) mass is 586 g/mol. The summed E-state index contributed by atoms with van der Waals surface area (Å²) < 4.78 is 16.2. The molecule has 13 heteroatoms. The number of benzene rings is 3. The molecule has 0 saturated heterocycles. The van der Waals surface area contributed by atoms with E-state index in [2.05, 4.69) is 25.8 Å². The first-order valence-corrected chi connectivity index (χ1v) is 13.6. The third-order valence-corrected chi connectivity index (χ3v) is 7.85. The number of thiazole rings is 1. The van der Waals surface area contributed by atoms with Crippen LogP contribution in [0.25, 0.3) is 15.9 Å². The minimum Gasteiger partial charge on any atom is -0.345 e. The van der Waals surface area contributed by atoms with Crippen LogP contribution in [0.15, 0.2) is 71.9 Å². The van der Waals surface area contributed by atoms with Gasteiger partial charge in [0.2, 0.25) is 5.91 Å². The minimum atomic E-state index is -0.514. The summed E-state index contributed by atoms with van der Waals surface area (Å²) in [5.74, 6) is -0.844. The molecular weight excluding hydrogens is 570 g/mol. The lowest BCUT2D eigenvalue weighted by Crippen LogP contribution is -2.24. The summed E-state index contributed by atoms with van der Waals surface area (Å²) in [7, 11) is 0. The third-order valence-electron chi connectivity index (χ3n) is 5.23. The van der Waals surface area contributed by atoms with Crippen LogP contribution in [0.1, 0.15) is 16.2 Å². The van der Waals surface area contributed by atoms with Gasteiger partial charge in [-0.25, -0.2) is 9.37 Å². The van der Waals surface area contributed by atoms with E-state index in [9.17, 15) is 14.0 Å². The molecule has 0 atom stereocenters. The predicted molar refractivity (Wildman–Crippen MR) is 148 cm³/mol. The summed E-state index contributed by atoms with van der Waals surface area (Å²) in [5.41, 5.74) is 1.57. The van der Waals surface area contributed by atoms with Gasteiger partial charge in [0.15, 0.2) is 16.1 Å². The van der Waals surface area contributed by atoms with Gasteiger partial charge in [0.1, 0.15) is 5.82 Å². The first-order chi connectivity index (χ1) is 18.4. The molecular formula is C25H17Cl2FN6O2S2. The van der Waals surface area contributed by atoms with Gasteiger partial charge in [0, 0.05) is 5.56 Å². The van der Waals surface area contributed by atoms with Crippen LogP contribution in [-0.2, 0) is 11.3 Å². The van der Waals surface area contributed by atoms with E-state index < -0.39 is 11.7 Å². The van der Waals surface area contributed by atoms with Crippen molar-refractivity contribution in [2.24, 2.45) is 0 Å². The number of thioether (sulfide) groups is 1. The van der Waals surface area contributed by atoms with Crippen molar-refractivity contribution in [3.8, 4) is 5.69 Å². The highest BCUT2D eigenvalue weighted by Crippen LogP contribution is 2.29. The average Bonchev–Trinajstić information content (AvgIpc) is 3.51. The number of hydrogen-bond acceptors (Lipinski definition) is 7. The fraction of sp³-hybridized carbons (Fsp3) is 0.0800. The van der Waals surface area contributed by atoms with Crippen LogP contribution in [0.4, 0.5) is 9.52 Å². The molecule has 3 aromatic carbocycles. The Balaban J connectivity index is 1.33. The molecule has 0 unspecified atom stereocenters. The third kappa shape index (κ3) is 5.97. The normalized spacial score (nSPS) is 11.0. The molecule has 0 aliphatic rings. The van der Waals surface area contributed by atoms with E-state index in [1.807, 2.05) is 24.3 Å². The molecule has 5 aromatic rings. The molecule has 0 fully saturated rings. The summed E-state index contributed by atoms with van der Waals surface area (Å²) in [5, 5.41) is 15.5. The van der Waals surface area contributed by atoms with Crippen LogP contribution in [0.3, 0.4) is 0 Å². The van der Waals surface area contributed by atoms with Crippen LogP contribution in [0.2, 0.25) is 10.0 Å². The number of nitrogens with zero attached hydrogens (tertiary/aromatic N) is 4. The lowest BCUT2D eigenvalue weighted by atomic mass is 10.2. The molecule has 2 aromatic heterocycles. The maximum Gasteiger partial charge on any atom is 0.251 e. The van der Waals surface area contributed by atoms with E-state index >= 15 is 0 Å². The number of para-hydroxylation sites is 1. The van der Waals surface area contributed by atoms with E-state index in [1.165, 1.54) is 29.5 Å². The lowest BCUT2D eigenvalue weighted by Gasteiger charge is -2.12. The summed E-state index contributed by atoms with van der Waals surface area (Å²) in [6, 6.07) is 18.0. The zero-order valence-electron chi connectivity index (χ0n) is 19.3. The molecule has 2 N–H and O–H groups in total. The minimum absolute atomic E-state index is 0.0128. The van der Waals surface area contributed by atoms with E-state index in [1.54, 1.807) is 22.8 Å². The molecule has 0 radical (unpaired) electrons. The summed E-state index contributed by atoms with van der Waals surface area (Å²) >= 11 is 14.9. The number of hydrogen-bond donors (Lipinski definition) is 2. The highest BCUT2D eigenvalue weighted by atomic mass is 35.5. The second-order valence-corrected chi connectivity index (χ2v) is 10.6. The Hall–Kier alpha value is -3.51.